The molecule has 2 unspecified atom stereocenters. The molecular weight excluding hydrogens is 226 g/mol. The molecule has 0 aliphatic carbocycles. The smallest absolute Gasteiger partial charge is 0.121 e. The summed E-state index contributed by atoms with van der Waals surface area (Å²) < 4.78 is 5.30. The Morgan fingerprint density at radius 2 is 2.22 bits per heavy atom. The van der Waals surface area contributed by atoms with Gasteiger partial charge in [-0.25, -0.2) is 0 Å². The van der Waals surface area contributed by atoms with E-state index < -0.39 is 0 Å². The highest BCUT2D eigenvalue weighted by Gasteiger charge is 2.30. The summed E-state index contributed by atoms with van der Waals surface area (Å²) >= 11 is 0. The largest absolute Gasteiger partial charge is 0.496 e. The Bertz CT molecular complexity index is 405. The fourth-order valence-corrected chi connectivity index (χ4v) is 3.06. The lowest BCUT2D eigenvalue weighted by Gasteiger charge is -2.39. The molecule has 0 aromatic heterocycles. The Morgan fingerprint density at radius 3 is 2.83 bits per heavy atom. The molecule has 2 rings (SSSR count). The summed E-state index contributed by atoms with van der Waals surface area (Å²) in [4.78, 5) is 2.35. The van der Waals surface area contributed by atoms with E-state index in [1.807, 2.05) is 6.07 Å². The van der Waals surface area contributed by atoms with E-state index in [0.29, 0.717) is 12.0 Å². The van der Waals surface area contributed by atoms with Gasteiger partial charge in [-0.2, -0.15) is 0 Å². The highest BCUT2D eigenvalue weighted by Crippen LogP contribution is 2.36. The Balaban J connectivity index is 2.30. The predicted molar refractivity (Wildman–Crippen MR) is 72.9 cm³/mol. The van der Waals surface area contributed by atoms with E-state index in [2.05, 4.69) is 31.0 Å². The first-order valence-electron chi connectivity index (χ1n) is 6.63. The lowest BCUT2D eigenvalue weighted by atomic mass is 9.85. The molecule has 0 spiro atoms. The van der Waals surface area contributed by atoms with E-state index >= 15 is 0 Å². The molecule has 1 aliphatic heterocycles. The number of rotatable bonds is 3. The van der Waals surface area contributed by atoms with E-state index in [9.17, 15) is 5.11 Å². The van der Waals surface area contributed by atoms with Crippen molar-refractivity contribution in [1.82, 2.24) is 4.90 Å². The van der Waals surface area contributed by atoms with Crippen molar-refractivity contribution in [3.63, 3.8) is 0 Å². The minimum Gasteiger partial charge on any atom is -0.496 e. The van der Waals surface area contributed by atoms with Crippen LogP contribution in [0.25, 0.3) is 0 Å². The number of hydrogen-bond acceptors (Lipinski definition) is 3. The number of methoxy groups -OCH3 is 1. The van der Waals surface area contributed by atoms with Crippen LogP contribution < -0.4 is 4.74 Å². The number of hydrogen-bond donors (Lipinski definition) is 1. The predicted octanol–water partition coefficient (Wildman–Crippen LogP) is 2.38. The number of benzene rings is 1. The third-order valence-corrected chi connectivity index (χ3v) is 4.00. The molecule has 0 amide bonds. The molecule has 18 heavy (non-hydrogen) atoms. The van der Waals surface area contributed by atoms with Crippen LogP contribution >= 0.6 is 0 Å². The first-order valence-corrected chi connectivity index (χ1v) is 6.63. The van der Waals surface area contributed by atoms with Crippen LogP contribution in [-0.2, 0) is 0 Å². The van der Waals surface area contributed by atoms with Crippen LogP contribution in [0.3, 0.4) is 0 Å². The SMILES string of the molecule is COc1ccc(C2C(CO)CCCN2C)cc1C. The summed E-state index contributed by atoms with van der Waals surface area (Å²) in [7, 11) is 3.84. The maximum absolute atomic E-state index is 9.56. The van der Waals surface area contributed by atoms with Crippen LogP contribution in [-0.4, -0.2) is 37.3 Å². The Labute approximate surface area is 109 Å². The maximum atomic E-state index is 9.56. The molecule has 1 saturated heterocycles. The molecule has 0 bridgehead atoms. The number of nitrogens with zero attached hydrogens (tertiary/aromatic N) is 1. The van der Waals surface area contributed by atoms with Gasteiger partial charge in [-0.15, -0.1) is 0 Å². The quantitative estimate of drug-likeness (QED) is 0.892. The van der Waals surface area contributed by atoms with Gasteiger partial charge in [0.2, 0.25) is 0 Å². The topological polar surface area (TPSA) is 32.7 Å². The molecule has 100 valence electrons. The minimum absolute atomic E-state index is 0.264. The Kier molecular flexibility index (Phi) is 4.25. The first kappa shape index (κ1) is 13.4. The van der Waals surface area contributed by atoms with E-state index in [1.54, 1.807) is 7.11 Å². The van der Waals surface area contributed by atoms with Gasteiger partial charge in [-0.05, 0) is 50.6 Å². The van der Waals surface area contributed by atoms with Gasteiger partial charge in [0.15, 0.2) is 0 Å². The van der Waals surface area contributed by atoms with E-state index in [-0.39, 0.29) is 6.61 Å². The normalized spacial score (nSPS) is 25.1. The third-order valence-electron chi connectivity index (χ3n) is 4.00. The number of aliphatic hydroxyl groups is 1. The van der Waals surface area contributed by atoms with Crippen molar-refractivity contribution in [2.45, 2.75) is 25.8 Å². The van der Waals surface area contributed by atoms with Crippen LogP contribution in [0.2, 0.25) is 0 Å². The molecule has 0 radical (unpaired) electrons. The van der Waals surface area contributed by atoms with E-state index in [0.717, 1.165) is 24.3 Å². The molecule has 1 fully saturated rings. The molecule has 1 aromatic rings. The summed E-state index contributed by atoms with van der Waals surface area (Å²) in [5.41, 5.74) is 2.44. The average molecular weight is 249 g/mol. The monoisotopic (exact) mass is 249 g/mol. The highest BCUT2D eigenvalue weighted by molar-refractivity contribution is 5.37. The fraction of sp³-hybridized carbons (Fsp3) is 0.600. The Morgan fingerprint density at radius 1 is 1.44 bits per heavy atom. The first-order chi connectivity index (χ1) is 8.67. The molecule has 1 aliphatic rings. The van der Waals surface area contributed by atoms with Crippen LogP contribution in [0.5, 0.6) is 5.75 Å². The van der Waals surface area contributed by atoms with Gasteiger partial charge >= 0.3 is 0 Å². The maximum Gasteiger partial charge on any atom is 0.121 e. The average Bonchev–Trinajstić information content (AvgIpc) is 2.38. The van der Waals surface area contributed by atoms with Crippen LogP contribution in [0.15, 0.2) is 18.2 Å². The van der Waals surface area contributed by atoms with Crippen LogP contribution in [0.4, 0.5) is 0 Å². The molecule has 1 N–H and O–H groups in total. The lowest BCUT2D eigenvalue weighted by Crippen LogP contribution is -2.37. The number of aryl methyl sites for hydroxylation is 1. The summed E-state index contributed by atoms with van der Waals surface area (Å²) in [6.07, 6.45) is 2.28. The van der Waals surface area contributed by atoms with Gasteiger partial charge in [0.1, 0.15) is 5.75 Å². The molecular formula is C15H23NO2. The van der Waals surface area contributed by atoms with Gasteiger partial charge < -0.3 is 9.84 Å². The minimum atomic E-state index is 0.264. The number of piperidine rings is 1. The Hall–Kier alpha value is -1.06. The van der Waals surface area contributed by atoms with Crippen molar-refractivity contribution in [3.05, 3.63) is 29.3 Å². The number of ether oxygens (including phenoxy) is 1. The van der Waals surface area contributed by atoms with Crippen molar-refractivity contribution in [2.75, 3.05) is 27.3 Å². The van der Waals surface area contributed by atoms with Gasteiger partial charge in [-0.1, -0.05) is 12.1 Å². The summed E-state index contributed by atoms with van der Waals surface area (Å²) in [6.45, 7) is 3.44. The molecule has 0 saturated carbocycles. The highest BCUT2D eigenvalue weighted by atomic mass is 16.5. The third kappa shape index (κ3) is 2.52. The summed E-state index contributed by atoms with van der Waals surface area (Å²) in [6, 6.07) is 6.67. The van der Waals surface area contributed by atoms with Crippen LogP contribution in [0, 0.1) is 12.8 Å². The number of likely N-dealkylation sites (tertiary alicyclic amines) is 1. The molecule has 1 aromatic carbocycles. The molecule has 3 nitrogen and oxygen atoms in total. The van der Waals surface area contributed by atoms with Gasteiger partial charge in [0.25, 0.3) is 0 Å². The molecule has 1 heterocycles. The summed E-state index contributed by atoms with van der Waals surface area (Å²) in [5, 5.41) is 9.56. The van der Waals surface area contributed by atoms with E-state index in [1.165, 1.54) is 12.0 Å². The van der Waals surface area contributed by atoms with Gasteiger partial charge in [0.05, 0.1) is 7.11 Å². The second-order valence-electron chi connectivity index (χ2n) is 5.24. The number of aliphatic hydroxyl groups excluding tert-OH is 1. The zero-order valence-electron chi connectivity index (χ0n) is 11.5. The second kappa shape index (κ2) is 5.72. The zero-order chi connectivity index (χ0) is 13.1. The molecule has 3 heteroatoms. The van der Waals surface area contributed by atoms with Crippen molar-refractivity contribution in [2.24, 2.45) is 5.92 Å². The molecule has 2 atom stereocenters. The van der Waals surface area contributed by atoms with Gasteiger partial charge in [-0.3, -0.25) is 4.90 Å². The summed E-state index contributed by atoms with van der Waals surface area (Å²) in [5.74, 6) is 1.27. The second-order valence-corrected chi connectivity index (χ2v) is 5.24. The lowest BCUT2D eigenvalue weighted by molar-refractivity contribution is 0.0742. The van der Waals surface area contributed by atoms with Crippen molar-refractivity contribution in [1.29, 1.82) is 0 Å². The van der Waals surface area contributed by atoms with Crippen molar-refractivity contribution < 1.29 is 9.84 Å². The zero-order valence-corrected chi connectivity index (χ0v) is 11.5. The van der Waals surface area contributed by atoms with E-state index in [4.69, 9.17) is 4.74 Å². The van der Waals surface area contributed by atoms with Crippen molar-refractivity contribution in [3.8, 4) is 5.75 Å². The standard InChI is InChI=1S/C15H23NO2/c1-11-9-12(6-7-14(11)18-3)15-13(10-17)5-4-8-16(15)2/h6-7,9,13,15,17H,4-5,8,10H2,1-3H3. The fourth-order valence-electron chi connectivity index (χ4n) is 3.06. The van der Waals surface area contributed by atoms with Crippen LogP contribution in [0.1, 0.15) is 30.0 Å². The van der Waals surface area contributed by atoms with Crippen molar-refractivity contribution >= 4 is 0 Å². The van der Waals surface area contributed by atoms with Gasteiger partial charge in [0, 0.05) is 18.6 Å².